The van der Waals surface area contributed by atoms with Crippen molar-refractivity contribution in [2.45, 2.75) is 0 Å². The molecule has 1 saturated heterocycles. The van der Waals surface area contributed by atoms with Crippen LogP contribution in [-0.4, -0.2) is 44.9 Å². The standard InChI is InChI=1S/C9H8ClN3O3/c10-7-2-11-6(1-12-7)8(14)13-3-5(4-13)9(15)16/h1-2,5H,3-4H2,(H,15,16). The molecule has 1 amide bonds. The number of hydrogen-bond donors (Lipinski definition) is 1. The van der Waals surface area contributed by atoms with Crippen LogP contribution in [0.1, 0.15) is 10.5 Å². The number of carboxylic acids is 1. The Labute approximate surface area is 95.9 Å². The normalized spacial score (nSPS) is 15.7. The van der Waals surface area contributed by atoms with Gasteiger partial charge in [-0.05, 0) is 0 Å². The second kappa shape index (κ2) is 4.05. The highest BCUT2D eigenvalue weighted by Gasteiger charge is 2.36. The van der Waals surface area contributed by atoms with Crippen LogP contribution in [0.3, 0.4) is 0 Å². The maximum absolute atomic E-state index is 11.7. The van der Waals surface area contributed by atoms with Crippen molar-refractivity contribution in [2.24, 2.45) is 5.92 Å². The van der Waals surface area contributed by atoms with Crippen molar-refractivity contribution in [1.29, 1.82) is 0 Å². The highest BCUT2D eigenvalue weighted by atomic mass is 35.5. The third-order valence-electron chi connectivity index (χ3n) is 2.36. The summed E-state index contributed by atoms with van der Waals surface area (Å²) in [6.45, 7) is 0.441. The summed E-state index contributed by atoms with van der Waals surface area (Å²) in [6.07, 6.45) is 2.56. The van der Waals surface area contributed by atoms with E-state index in [1.54, 1.807) is 0 Å². The Morgan fingerprint density at radius 3 is 2.56 bits per heavy atom. The molecule has 0 aliphatic carbocycles. The fourth-order valence-electron chi connectivity index (χ4n) is 1.39. The molecule has 2 rings (SSSR count). The van der Waals surface area contributed by atoms with Crippen LogP contribution < -0.4 is 0 Å². The Hall–Kier alpha value is -1.69. The molecule has 0 radical (unpaired) electrons. The van der Waals surface area contributed by atoms with Crippen molar-refractivity contribution >= 4 is 23.5 Å². The molecule has 0 unspecified atom stereocenters. The number of carbonyl (C=O) groups excluding carboxylic acids is 1. The minimum Gasteiger partial charge on any atom is -0.481 e. The van der Waals surface area contributed by atoms with Gasteiger partial charge in [0.2, 0.25) is 0 Å². The number of nitrogens with zero attached hydrogens (tertiary/aromatic N) is 3. The first-order valence-corrected chi connectivity index (χ1v) is 4.95. The van der Waals surface area contributed by atoms with E-state index >= 15 is 0 Å². The highest BCUT2D eigenvalue weighted by molar-refractivity contribution is 6.29. The predicted molar refractivity (Wildman–Crippen MR) is 54.1 cm³/mol. The molecule has 1 aliphatic heterocycles. The molecule has 2 heterocycles. The van der Waals surface area contributed by atoms with Crippen LogP contribution in [0.15, 0.2) is 12.4 Å². The molecule has 0 saturated carbocycles. The Balaban J connectivity index is 2.00. The quantitative estimate of drug-likeness (QED) is 0.804. The summed E-state index contributed by atoms with van der Waals surface area (Å²) in [7, 11) is 0. The Morgan fingerprint density at radius 2 is 2.06 bits per heavy atom. The summed E-state index contributed by atoms with van der Waals surface area (Å²) < 4.78 is 0. The van der Waals surface area contributed by atoms with Gasteiger partial charge >= 0.3 is 5.97 Å². The van der Waals surface area contributed by atoms with Crippen molar-refractivity contribution in [3.05, 3.63) is 23.2 Å². The Kier molecular flexibility index (Phi) is 2.74. The second-order valence-electron chi connectivity index (χ2n) is 3.47. The minimum atomic E-state index is -0.883. The second-order valence-corrected chi connectivity index (χ2v) is 3.86. The first-order valence-electron chi connectivity index (χ1n) is 4.57. The molecule has 0 spiro atoms. The van der Waals surface area contributed by atoms with Crippen molar-refractivity contribution in [3.8, 4) is 0 Å². The molecule has 0 bridgehead atoms. The molecule has 1 aromatic rings. The molecular formula is C9H8ClN3O3. The molecule has 0 aromatic carbocycles. The molecule has 0 atom stereocenters. The summed E-state index contributed by atoms with van der Waals surface area (Å²) >= 11 is 5.53. The smallest absolute Gasteiger partial charge is 0.310 e. The van der Waals surface area contributed by atoms with Crippen LogP contribution in [0.2, 0.25) is 5.15 Å². The third-order valence-corrected chi connectivity index (χ3v) is 2.55. The van der Waals surface area contributed by atoms with Gasteiger partial charge in [0.25, 0.3) is 5.91 Å². The monoisotopic (exact) mass is 241 g/mol. The predicted octanol–water partition coefficient (Wildman–Crippen LogP) is 0.287. The molecule has 7 heteroatoms. The number of aliphatic carboxylic acids is 1. The average Bonchev–Trinajstić information content (AvgIpc) is 2.15. The van der Waals surface area contributed by atoms with Gasteiger partial charge in [0, 0.05) is 13.1 Å². The van der Waals surface area contributed by atoms with Crippen LogP contribution in [0.5, 0.6) is 0 Å². The molecule has 1 aromatic heterocycles. The summed E-state index contributed by atoms with van der Waals surface area (Å²) in [6, 6.07) is 0. The fourth-order valence-corrected chi connectivity index (χ4v) is 1.48. The number of aromatic nitrogens is 2. The van der Waals surface area contributed by atoms with Gasteiger partial charge in [-0.25, -0.2) is 9.97 Å². The maximum Gasteiger partial charge on any atom is 0.310 e. The van der Waals surface area contributed by atoms with E-state index in [-0.39, 0.29) is 29.8 Å². The molecule has 84 valence electrons. The zero-order valence-corrected chi connectivity index (χ0v) is 8.89. The summed E-state index contributed by atoms with van der Waals surface area (Å²) in [5, 5.41) is 8.87. The lowest BCUT2D eigenvalue weighted by Gasteiger charge is -2.36. The lowest BCUT2D eigenvalue weighted by Crippen LogP contribution is -2.53. The molecular weight excluding hydrogens is 234 g/mol. The number of carboxylic acid groups (broad SMARTS) is 1. The van der Waals surface area contributed by atoms with E-state index in [2.05, 4.69) is 9.97 Å². The van der Waals surface area contributed by atoms with Crippen LogP contribution >= 0.6 is 11.6 Å². The summed E-state index contributed by atoms with van der Waals surface area (Å²) in [4.78, 5) is 31.2. The van der Waals surface area contributed by atoms with Gasteiger partial charge in [-0.1, -0.05) is 11.6 Å². The van der Waals surface area contributed by atoms with Gasteiger partial charge in [-0.15, -0.1) is 0 Å². The first-order chi connectivity index (χ1) is 7.58. The molecule has 1 fully saturated rings. The first kappa shape index (κ1) is 10.8. The van der Waals surface area contributed by atoms with E-state index in [9.17, 15) is 9.59 Å². The van der Waals surface area contributed by atoms with Crippen molar-refractivity contribution < 1.29 is 14.7 Å². The van der Waals surface area contributed by atoms with Crippen LogP contribution in [-0.2, 0) is 4.79 Å². The van der Waals surface area contributed by atoms with Crippen LogP contribution in [0, 0.1) is 5.92 Å². The van der Waals surface area contributed by atoms with Crippen LogP contribution in [0.25, 0.3) is 0 Å². The van der Waals surface area contributed by atoms with Crippen LogP contribution in [0.4, 0.5) is 0 Å². The van der Waals surface area contributed by atoms with Gasteiger partial charge in [0.05, 0.1) is 18.3 Å². The maximum atomic E-state index is 11.7. The van der Waals surface area contributed by atoms with Gasteiger partial charge in [-0.3, -0.25) is 9.59 Å². The number of hydrogen-bond acceptors (Lipinski definition) is 4. The fraction of sp³-hybridized carbons (Fsp3) is 0.333. The summed E-state index contributed by atoms with van der Waals surface area (Å²) in [5.74, 6) is -1.67. The number of halogens is 1. The van der Waals surface area contributed by atoms with Crippen molar-refractivity contribution in [1.82, 2.24) is 14.9 Å². The molecule has 6 nitrogen and oxygen atoms in total. The SMILES string of the molecule is O=C(O)C1CN(C(=O)c2cnc(Cl)cn2)C1. The third kappa shape index (κ3) is 1.96. The number of likely N-dealkylation sites (tertiary alicyclic amines) is 1. The zero-order chi connectivity index (χ0) is 11.7. The van der Waals surface area contributed by atoms with E-state index in [0.29, 0.717) is 0 Å². The number of carbonyl (C=O) groups is 2. The molecule has 16 heavy (non-hydrogen) atoms. The van der Waals surface area contributed by atoms with Gasteiger partial charge in [0.15, 0.2) is 0 Å². The average molecular weight is 242 g/mol. The lowest BCUT2D eigenvalue weighted by molar-refractivity contribution is -0.146. The number of amides is 1. The molecule has 1 aliphatic rings. The number of rotatable bonds is 2. The van der Waals surface area contributed by atoms with E-state index in [4.69, 9.17) is 16.7 Å². The Bertz CT molecular complexity index is 428. The lowest BCUT2D eigenvalue weighted by atomic mass is 10.0. The zero-order valence-electron chi connectivity index (χ0n) is 8.13. The van der Waals surface area contributed by atoms with Gasteiger partial charge < -0.3 is 10.0 Å². The largest absolute Gasteiger partial charge is 0.481 e. The summed E-state index contributed by atoms with van der Waals surface area (Å²) in [5.41, 5.74) is 0.174. The van der Waals surface area contributed by atoms with Gasteiger partial charge in [-0.2, -0.15) is 0 Å². The minimum absolute atomic E-state index is 0.174. The Morgan fingerprint density at radius 1 is 1.38 bits per heavy atom. The van der Waals surface area contributed by atoms with Crippen molar-refractivity contribution in [2.75, 3.05) is 13.1 Å². The van der Waals surface area contributed by atoms with Crippen molar-refractivity contribution in [3.63, 3.8) is 0 Å². The van der Waals surface area contributed by atoms with E-state index in [0.717, 1.165) is 0 Å². The highest BCUT2D eigenvalue weighted by Crippen LogP contribution is 2.17. The molecule has 1 N–H and O–H groups in total. The van der Waals surface area contributed by atoms with E-state index < -0.39 is 11.9 Å². The van der Waals surface area contributed by atoms with Gasteiger partial charge in [0.1, 0.15) is 10.8 Å². The van der Waals surface area contributed by atoms with E-state index in [1.807, 2.05) is 0 Å². The van der Waals surface area contributed by atoms with E-state index in [1.165, 1.54) is 17.3 Å². The topological polar surface area (TPSA) is 83.4 Å².